The molecule has 14 heavy (non-hydrogen) atoms. The second-order valence-corrected chi connectivity index (χ2v) is 2.42. The van der Waals surface area contributed by atoms with Crippen LogP contribution >= 0.6 is 0 Å². The summed E-state index contributed by atoms with van der Waals surface area (Å²) in [6, 6.07) is 3.73. The molecule has 0 saturated carbocycles. The summed E-state index contributed by atoms with van der Waals surface area (Å²) >= 11 is 0. The van der Waals surface area contributed by atoms with Crippen molar-refractivity contribution in [2.75, 3.05) is 0 Å². The number of allylic oxidation sites excluding steroid dienone is 3. The molecule has 1 heterocycles. The monoisotopic (exact) mass is 182 g/mol. The van der Waals surface area contributed by atoms with E-state index in [1.165, 1.54) is 0 Å². The molecule has 1 aromatic rings. The maximum atomic E-state index is 5.10. The van der Waals surface area contributed by atoms with Crippen molar-refractivity contribution < 1.29 is 4.42 Å². The molecular weight excluding hydrogens is 172 g/mol. The molecule has 0 fully saturated rings. The fourth-order valence-corrected chi connectivity index (χ4v) is 0.783. The summed E-state index contributed by atoms with van der Waals surface area (Å²) < 4.78 is 5.10. The summed E-state index contributed by atoms with van der Waals surface area (Å²) in [5.41, 5.74) is 0. The Morgan fingerprint density at radius 1 is 1.43 bits per heavy atom. The van der Waals surface area contributed by atoms with Crippen LogP contribution in [0.15, 0.2) is 47.6 Å². The molecule has 1 nitrogen and oxygen atoms in total. The first kappa shape index (κ1) is 9.96. The van der Waals surface area contributed by atoms with Gasteiger partial charge in [-0.2, -0.15) is 0 Å². The Morgan fingerprint density at radius 3 is 3.07 bits per heavy atom. The minimum absolute atomic E-state index is 0.604. The van der Waals surface area contributed by atoms with E-state index < -0.39 is 0 Å². The molecule has 0 N–H and O–H groups in total. The first-order valence-corrected chi connectivity index (χ1v) is 4.22. The molecular formula is C13H10O. The number of rotatable bonds is 2. The molecule has 68 valence electrons. The number of furan rings is 1. The molecule has 0 aromatic carbocycles. The predicted octanol–water partition coefficient (Wildman–Crippen LogP) is 2.57. The largest absolute Gasteiger partial charge is 0.468 e. The van der Waals surface area contributed by atoms with Crippen LogP contribution in [0.4, 0.5) is 0 Å². The van der Waals surface area contributed by atoms with Crippen LogP contribution in [0.5, 0.6) is 0 Å². The van der Waals surface area contributed by atoms with Gasteiger partial charge in [0.15, 0.2) is 0 Å². The molecule has 0 bridgehead atoms. The third kappa shape index (κ3) is 4.04. The van der Waals surface area contributed by atoms with Gasteiger partial charge in [-0.05, 0) is 30.0 Å². The van der Waals surface area contributed by atoms with Crippen LogP contribution < -0.4 is 0 Å². The van der Waals surface area contributed by atoms with Gasteiger partial charge in [0.2, 0.25) is 0 Å². The van der Waals surface area contributed by atoms with Crippen LogP contribution in [0, 0.1) is 23.7 Å². The van der Waals surface area contributed by atoms with Crippen molar-refractivity contribution in [1.29, 1.82) is 0 Å². The molecule has 1 aromatic heterocycles. The van der Waals surface area contributed by atoms with E-state index in [0.29, 0.717) is 6.42 Å². The smallest absolute Gasteiger partial charge is 0.115 e. The highest BCUT2D eigenvalue weighted by atomic mass is 16.3. The quantitative estimate of drug-likeness (QED) is 0.506. The van der Waals surface area contributed by atoms with Crippen molar-refractivity contribution in [2.24, 2.45) is 0 Å². The first-order valence-electron chi connectivity index (χ1n) is 4.22. The molecule has 0 saturated heterocycles. The second-order valence-electron chi connectivity index (χ2n) is 2.42. The van der Waals surface area contributed by atoms with Gasteiger partial charge in [0, 0.05) is 0 Å². The molecule has 0 aliphatic carbocycles. The van der Waals surface area contributed by atoms with Crippen LogP contribution in [-0.4, -0.2) is 0 Å². The van der Waals surface area contributed by atoms with E-state index in [1.54, 1.807) is 24.5 Å². The summed E-state index contributed by atoms with van der Waals surface area (Å²) in [7, 11) is 0. The fourth-order valence-electron chi connectivity index (χ4n) is 0.783. The zero-order valence-corrected chi connectivity index (χ0v) is 7.79. The van der Waals surface area contributed by atoms with E-state index in [4.69, 9.17) is 4.42 Å². The topological polar surface area (TPSA) is 13.1 Å². The maximum absolute atomic E-state index is 5.10. The average molecular weight is 182 g/mol. The molecule has 0 spiro atoms. The van der Waals surface area contributed by atoms with Crippen molar-refractivity contribution in [3.05, 3.63) is 49.0 Å². The van der Waals surface area contributed by atoms with Crippen LogP contribution in [0.1, 0.15) is 5.76 Å². The van der Waals surface area contributed by atoms with E-state index in [9.17, 15) is 0 Å². The van der Waals surface area contributed by atoms with Gasteiger partial charge in [-0.25, -0.2) is 0 Å². The van der Waals surface area contributed by atoms with Gasteiger partial charge in [0.25, 0.3) is 0 Å². The Balaban J connectivity index is 2.37. The van der Waals surface area contributed by atoms with E-state index in [2.05, 4.69) is 30.3 Å². The van der Waals surface area contributed by atoms with Gasteiger partial charge in [0.1, 0.15) is 5.76 Å². The van der Waals surface area contributed by atoms with Crippen LogP contribution in [0.25, 0.3) is 0 Å². The molecule has 1 heteroatoms. The van der Waals surface area contributed by atoms with E-state index in [1.807, 2.05) is 12.1 Å². The maximum Gasteiger partial charge on any atom is 0.115 e. The lowest BCUT2D eigenvalue weighted by atomic mass is 10.3. The molecule has 0 unspecified atom stereocenters. The standard InChI is InChI=1S/C13H10O/c1-2-3-4-5-6-7-8-10-13-11-9-12-14-13/h2-4,9,11-12H,1,10H2/b4-3+. The summed E-state index contributed by atoms with van der Waals surface area (Å²) in [6.07, 6.45) is 7.38. The molecule has 0 amide bonds. The summed E-state index contributed by atoms with van der Waals surface area (Å²) in [5.74, 6) is 11.9. The van der Waals surface area contributed by atoms with E-state index in [-0.39, 0.29) is 0 Å². The predicted molar refractivity (Wildman–Crippen MR) is 57.3 cm³/mol. The molecule has 1 rings (SSSR count). The van der Waals surface area contributed by atoms with Crippen molar-refractivity contribution >= 4 is 0 Å². The lowest BCUT2D eigenvalue weighted by Crippen LogP contribution is -1.72. The van der Waals surface area contributed by atoms with Crippen LogP contribution in [0.3, 0.4) is 0 Å². The number of hydrogen-bond acceptors (Lipinski definition) is 1. The van der Waals surface area contributed by atoms with Crippen molar-refractivity contribution in [3.8, 4) is 23.7 Å². The van der Waals surface area contributed by atoms with E-state index in [0.717, 1.165) is 5.76 Å². The van der Waals surface area contributed by atoms with Gasteiger partial charge in [-0.3, -0.25) is 0 Å². The van der Waals surface area contributed by atoms with Gasteiger partial charge >= 0.3 is 0 Å². The fraction of sp³-hybridized carbons (Fsp3) is 0.0769. The minimum Gasteiger partial charge on any atom is -0.468 e. The minimum atomic E-state index is 0.604. The van der Waals surface area contributed by atoms with Crippen molar-refractivity contribution in [1.82, 2.24) is 0 Å². The zero-order valence-electron chi connectivity index (χ0n) is 7.79. The first-order chi connectivity index (χ1) is 6.93. The Hall–Kier alpha value is -2.12. The molecule has 0 radical (unpaired) electrons. The second kappa shape index (κ2) is 6.40. The summed E-state index contributed by atoms with van der Waals surface area (Å²) in [4.78, 5) is 0. The molecule has 0 aliphatic heterocycles. The normalized spacial score (nSPS) is 8.57. The van der Waals surface area contributed by atoms with E-state index >= 15 is 0 Å². The van der Waals surface area contributed by atoms with Gasteiger partial charge < -0.3 is 4.42 Å². The lowest BCUT2D eigenvalue weighted by Gasteiger charge is -1.80. The van der Waals surface area contributed by atoms with Gasteiger partial charge in [-0.15, -0.1) is 0 Å². The summed E-state index contributed by atoms with van der Waals surface area (Å²) in [5, 5.41) is 0. The lowest BCUT2D eigenvalue weighted by molar-refractivity contribution is 0.525. The number of hydrogen-bond donors (Lipinski definition) is 0. The van der Waals surface area contributed by atoms with Gasteiger partial charge in [0.05, 0.1) is 12.7 Å². The average Bonchev–Trinajstić information content (AvgIpc) is 2.69. The third-order valence-electron chi connectivity index (χ3n) is 1.38. The van der Waals surface area contributed by atoms with Crippen molar-refractivity contribution in [2.45, 2.75) is 6.42 Å². The van der Waals surface area contributed by atoms with Gasteiger partial charge in [-0.1, -0.05) is 30.6 Å². The highest BCUT2D eigenvalue weighted by Gasteiger charge is 1.87. The van der Waals surface area contributed by atoms with Crippen LogP contribution in [-0.2, 0) is 6.42 Å². The van der Waals surface area contributed by atoms with Crippen molar-refractivity contribution in [3.63, 3.8) is 0 Å². The molecule has 0 aliphatic rings. The highest BCUT2D eigenvalue weighted by molar-refractivity contribution is 5.32. The van der Waals surface area contributed by atoms with Crippen LogP contribution in [0.2, 0.25) is 0 Å². The SMILES string of the molecule is C=C/C=C/C#CC#CCc1ccco1. The highest BCUT2D eigenvalue weighted by Crippen LogP contribution is 1.98. The third-order valence-corrected chi connectivity index (χ3v) is 1.38. The molecule has 0 atom stereocenters. The Kier molecular flexibility index (Phi) is 4.56. The zero-order chi connectivity index (χ0) is 10.1. The Morgan fingerprint density at radius 2 is 2.36 bits per heavy atom. The Bertz CT molecular complexity index is 413. The Labute approximate surface area is 84.1 Å². The summed E-state index contributed by atoms with van der Waals surface area (Å²) in [6.45, 7) is 3.53.